The first-order valence-electron chi connectivity index (χ1n) is 8.94. The number of carbonyl (C=O) groups excluding carboxylic acids is 1. The second kappa shape index (κ2) is 8.17. The van der Waals surface area contributed by atoms with Gasteiger partial charge in [0.2, 0.25) is 0 Å². The Hall–Kier alpha value is -2.33. The number of anilines is 1. The lowest BCUT2D eigenvalue weighted by Gasteiger charge is -2.36. The Kier molecular flexibility index (Phi) is 5.71. The Balaban J connectivity index is 1.65. The molecule has 2 aromatic rings. The van der Waals surface area contributed by atoms with E-state index in [1.165, 1.54) is 5.56 Å². The molecule has 1 aliphatic heterocycles. The number of morpholine rings is 1. The number of urea groups is 1. The van der Waals surface area contributed by atoms with Crippen LogP contribution in [0.15, 0.2) is 54.6 Å². The summed E-state index contributed by atoms with van der Waals surface area (Å²) in [6.45, 7) is 6.22. The second-order valence-electron chi connectivity index (χ2n) is 6.93. The third-order valence-electron chi connectivity index (χ3n) is 4.48. The van der Waals surface area contributed by atoms with Crippen molar-refractivity contribution in [1.82, 2.24) is 4.90 Å². The number of amides is 2. The van der Waals surface area contributed by atoms with E-state index >= 15 is 0 Å². The standard InChI is InChI=1S/C21H26N2O2/c1-16(2)14-20-15-25-13-12-23(20)21(24)22-19-10-8-18(9-11-19)17-6-4-3-5-7-17/h3-11,16,20H,12-15H2,1-2H3,(H,22,24). The van der Waals surface area contributed by atoms with Crippen LogP contribution in [0.2, 0.25) is 0 Å². The van der Waals surface area contributed by atoms with Crippen LogP contribution in [0.1, 0.15) is 20.3 Å². The Morgan fingerprint density at radius 2 is 1.80 bits per heavy atom. The molecule has 0 aromatic heterocycles. The van der Waals surface area contributed by atoms with Gasteiger partial charge >= 0.3 is 6.03 Å². The Bertz CT molecular complexity index is 683. The van der Waals surface area contributed by atoms with Gasteiger partial charge in [-0.05, 0) is 35.6 Å². The lowest BCUT2D eigenvalue weighted by Crippen LogP contribution is -2.50. The van der Waals surface area contributed by atoms with E-state index < -0.39 is 0 Å². The monoisotopic (exact) mass is 338 g/mol. The zero-order valence-electron chi connectivity index (χ0n) is 14.9. The second-order valence-corrected chi connectivity index (χ2v) is 6.93. The SMILES string of the molecule is CC(C)CC1COCCN1C(=O)Nc1ccc(-c2ccccc2)cc1. The zero-order valence-corrected chi connectivity index (χ0v) is 14.9. The van der Waals surface area contributed by atoms with Crippen molar-refractivity contribution in [3.63, 3.8) is 0 Å². The molecule has 4 nitrogen and oxygen atoms in total. The summed E-state index contributed by atoms with van der Waals surface area (Å²) in [5, 5.41) is 3.02. The quantitative estimate of drug-likeness (QED) is 0.883. The van der Waals surface area contributed by atoms with Gasteiger partial charge < -0.3 is 15.0 Å². The van der Waals surface area contributed by atoms with Gasteiger partial charge in [-0.25, -0.2) is 4.79 Å². The van der Waals surface area contributed by atoms with Crippen LogP contribution in [-0.4, -0.2) is 36.7 Å². The molecule has 0 aliphatic carbocycles. The molecule has 1 aliphatic rings. The summed E-state index contributed by atoms with van der Waals surface area (Å²) in [4.78, 5) is 14.6. The molecule has 1 unspecified atom stereocenters. The molecule has 1 atom stereocenters. The first-order chi connectivity index (χ1) is 12.1. The van der Waals surface area contributed by atoms with Crippen LogP contribution in [0.4, 0.5) is 10.5 Å². The van der Waals surface area contributed by atoms with Gasteiger partial charge in [0.15, 0.2) is 0 Å². The maximum Gasteiger partial charge on any atom is 0.322 e. The summed E-state index contributed by atoms with van der Waals surface area (Å²) < 4.78 is 5.56. The molecule has 3 rings (SSSR count). The number of nitrogens with zero attached hydrogens (tertiary/aromatic N) is 1. The van der Waals surface area contributed by atoms with Crippen molar-refractivity contribution in [3.05, 3.63) is 54.6 Å². The molecular weight excluding hydrogens is 312 g/mol. The summed E-state index contributed by atoms with van der Waals surface area (Å²) in [5.74, 6) is 0.534. The summed E-state index contributed by atoms with van der Waals surface area (Å²) in [5.41, 5.74) is 3.13. The smallest absolute Gasteiger partial charge is 0.322 e. The van der Waals surface area contributed by atoms with E-state index in [1.54, 1.807) is 0 Å². The molecule has 25 heavy (non-hydrogen) atoms. The Morgan fingerprint density at radius 3 is 2.48 bits per heavy atom. The molecule has 132 valence electrons. The van der Waals surface area contributed by atoms with Crippen molar-refractivity contribution >= 4 is 11.7 Å². The molecule has 0 radical (unpaired) electrons. The van der Waals surface area contributed by atoms with Gasteiger partial charge in [0, 0.05) is 12.2 Å². The maximum atomic E-state index is 12.7. The highest BCUT2D eigenvalue weighted by Crippen LogP contribution is 2.22. The fraction of sp³-hybridized carbons (Fsp3) is 0.381. The molecule has 0 saturated carbocycles. The average Bonchev–Trinajstić information content (AvgIpc) is 2.63. The van der Waals surface area contributed by atoms with Crippen LogP contribution in [-0.2, 0) is 4.74 Å². The molecule has 1 heterocycles. The topological polar surface area (TPSA) is 41.6 Å². The van der Waals surface area contributed by atoms with Crippen LogP contribution in [0.25, 0.3) is 11.1 Å². The molecular formula is C21H26N2O2. The molecule has 4 heteroatoms. The highest BCUT2D eigenvalue weighted by atomic mass is 16.5. The van der Waals surface area contributed by atoms with Crippen LogP contribution < -0.4 is 5.32 Å². The molecule has 0 bridgehead atoms. The number of hydrogen-bond donors (Lipinski definition) is 1. The fourth-order valence-electron chi connectivity index (χ4n) is 3.23. The van der Waals surface area contributed by atoms with Crippen LogP contribution >= 0.6 is 0 Å². The minimum atomic E-state index is -0.0404. The van der Waals surface area contributed by atoms with E-state index in [9.17, 15) is 4.79 Å². The normalized spacial score (nSPS) is 17.6. The van der Waals surface area contributed by atoms with E-state index in [0.29, 0.717) is 25.7 Å². The highest BCUT2D eigenvalue weighted by Gasteiger charge is 2.27. The van der Waals surface area contributed by atoms with Gasteiger partial charge in [-0.2, -0.15) is 0 Å². The van der Waals surface area contributed by atoms with Gasteiger partial charge in [-0.3, -0.25) is 0 Å². The third-order valence-corrected chi connectivity index (χ3v) is 4.48. The largest absolute Gasteiger partial charge is 0.377 e. The number of rotatable bonds is 4. The van der Waals surface area contributed by atoms with Crippen molar-refractivity contribution in [2.24, 2.45) is 5.92 Å². The first-order valence-corrected chi connectivity index (χ1v) is 8.94. The molecule has 2 amide bonds. The van der Waals surface area contributed by atoms with Gasteiger partial charge in [-0.15, -0.1) is 0 Å². The minimum Gasteiger partial charge on any atom is -0.377 e. The van der Waals surface area contributed by atoms with Gasteiger partial charge in [-0.1, -0.05) is 56.3 Å². The lowest BCUT2D eigenvalue weighted by molar-refractivity contribution is 0.00857. The molecule has 0 spiro atoms. The maximum absolute atomic E-state index is 12.7. The summed E-state index contributed by atoms with van der Waals surface area (Å²) in [6, 6.07) is 18.3. The van der Waals surface area contributed by atoms with Gasteiger partial charge in [0.1, 0.15) is 0 Å². The number of nitrogens with one attached hydrogen (secondary N) is 1. The first kappa shape index (κ1) is 17.5. The van der Waals surface area contributed by atoms with Crippen molar-refractivity contribution in [1.29, 1.82) is 0 Å². The molecule has 2 aromatic carbocycles. The number of carbonyl (C=O) groups is 1. The van der Waals surface area contributed by atoms with E-state index in [0.717, 1.165) is 17.7 Å². The zero-order chi connectivity index (χ0) is 17.6. The average molecular weight is 338 g/mol. The van der Waals surface area contributed by atoms with E-state index in [1.807, 2.05) is 47.4 Å². The Labute approximate surface area is 149 Å². The van der Waals surface area contributed by atoms with Crippen LogP contribution in [0.3, 0.4) is 0 Å². The summed E-state index contributed by atoms with van der Waals surface area (Å²) >= 11 is 0. The predicted octanol–water partition coefficient (Wildman–Crippen LogP) is 4.63. The Morgan fingerprint density at radius 1 is 1.12 bits per heavy atom. The van der Waals surface area contributed by atoms with Crippen LogP contribution in [0, 0.1) is 5.92 Å². The van der Waals surface area contributed by atoms with E-state index in [-0.39, 0.29) is 12.1 Å². The highest BCUT2D eigenvalue weighted by molar-refractivity contribution is 5.90. The van der Waals surface area contributed by atoms with Crippen molar-refractivity contribution < 1.29 is 9.53 Å². The van der Waals surface area contributed by atoms with Crippen LogP contribution in [0.5, 0.6) is 0 Å². The van der Waals surface area contributed by atoms with Gasteiger partial charge in [0.05, 0.1) is 19.3 Å². The fourth-order valence-corrected chi connectivity index (χ4v) is 3.23. The number of ether oxygens (including phenoxy) is 1. The van der Waals surface area contributed by atoms with Crippen molar-refractivity contribution in [2.45, 2.75) is 26.3 Å². The van der Waals surface area contributed by atoms with Crippen molar-refractivity contribution in [2.75, 3.05) is 25.1 Å². The molecule has 1 N–H and O–H groups in total. The van der Waals surface area contributed by atoms with E-state index in [4.69, 9.17) is 4.74 Å². The minimum absolute atomic E-state index is 0.0404. The number of benzene rings is 2. The summed E-state index contributed by atoms with van der Waals surface area (Å²) in [7, 11) is 0. The molecule has 1 saturated heterocycles. The van der Waals surface area contributed by atoms with E-state index in [2.05, 4.69) is 31.3 Å². The molecule has 1 fully saturated rings. The lowest BCUT2D eigenvalue weighted by atomic mass is 10.0. The number of hydrogen-bond acceptors (Lipinski definition) is 2. The van der Waals surface area contributed by atoms with Gasteiger partial charge in [0.25, 0.3) is 0 Å². The summed E-state index contributed by atoms with van der Waals surface area (Å²) in [6.07, 6.45) is 0.959. The predicted molar refractivity (Wildman–Crippen MR) is 102 cm³/mol. The van der Waals surface area contributed by atoms with Crippen molar-refractivity contribution in [3.8, 4) is 11.1 Å². The third kappa shape index (κ3) is 4.60.